The molecule has 0 bridgehead atoms. The zero-order valence-corrected chi connectivity index (χ0v) is 28.7. The standard InChI is InChI=1S/C35H51N3O6Si/c1-7-9-21-41-24-35(25-43-45(34(4,5)6,27-17-13-11-14-18-27)28-19-15-12-16-20-28)30(42-22-10-8-2)29(36)32(44-35)38-23-26(3)31(39)37-33(38)40/h11-20,23,29-30,32H,7-10,21-22,24-25,36H2,1-6H3,(H,37,39,40)/t29?,30?,32-,35?/m1/s1. The molecule has 3 aromatic rings. The molecule has 1 saturated heterocycles. The summed E-state index contributed by atoms with van der Waals surface area (Å²) in [4.78, 5) is 27.7. The first-order chi connectivity index (χ1) is 21.5. The smallest absolute Gasteiger partial charge is 0.330 e. The van der Waals surface area contributed by atoms with Crippen LogP contribution >= 0.6 is 0 Å². The van der Waals surface area contributed by atoms with E-state index in [-0.39, 0.29) is 18.3 Å². The summed E-state index contributed by atoms with van der Waals surface area (Å²) in [6.45, 7) is 13.9. The molecule has 0 aliphatic carbocycles. The van der Waals surface area contributed by atoms with Crippen LogP contribution in [-0.4, -0.2) is 62.0 Å². The van der Waals surface area contributed by atoms with Gasteiger partial charge in [0.1, 0.15) is 11.7 Å². The van der Waals surface area contributed by atoms with Crippen LogP contribution in [0.5, 0.6) is 0 Å². The Morgan fingerprint density at radius 1 is 0.933 bits per heavy atom. The van der Waals surface area contributed by atoms with Crippen molar-refractivity contribution in [2.45, 2.75) is 96.2 Å². The predicted octanol–water partition coefficient (Wildman–Crippen LogP) is 4.02. The van der Waals surface area contributed by atoms with E-state index in [4.69, 9.17) is 24.4 Å². The second kappa shape index (κ2) is 15.2. The molecule has 1 aliphatic heterocycles. The minimum atomic E-state index is -2.98. The van der Waals surface area contributed by atoms with E-state index in [2.05, 4.69) is 88.1 Å². The minimum absolute atomic E-state index is 0.129. The van der Waals surface area contributed by atoms with Crippen molar-refractivity contribution in [2.75, 3.05) is 26.4 Å². The monoisotopic (exact) mass is 637 g/mol. The number of nitrogens with zero attached hydrogens (tertiary/aromatic N) is 1. The molecule has 0 radical (unpaired) electrons. The van der Waals surface area contributed by atoms with E-state index in [9.17, 15) is 9.59 Å². The number of hydrogen-bond donors (Lipinski definition) is 2. The van der Waals surface area contributed by atoms with Gasteiger partial charge in [0.15, 0.2) is 6.23 Å². The number of nitrogens with one attached hydrogen (secondary N) is 1. The summed E-state index contributed by atoms with van der Waals surface area (Å²) in [5.74, 6) is 0. The van der Waals surface area contributed by atoms with Crippen LogP contribution in [0.1, 0.15) is 72.1 Å². The Morgan fingerprint density at radius 3 is 2.07 bits per heavy atom. The number of aromatic nitrogens is 2. The number of nitrogens with two attached hydrogens (primary N) is 1. The number of rotatable bonds is 15. The summed E-state index contributed by atoms with van der Waals surface area (Å²) in [6.07, 6.45) is 3.62. The SMILES string of the molecule is CCCCOCC1(CO[Si](c2ccccc2)(c2ccccc2)C(C)(C)C)O[C@@H](n2cc(C)c(=O)[nH]c2=O)C(N)C1OCCCC. The molecule has 1 aromatic heterocycles. The maximum absolute atomic E-state index is 13.1. The number of unbranched alkanes of at least 4 members (excludes halogenated alkanes) is 2. The first-order valence-electron chi connectivity index (χ1n) is 16.2. The molecule has 246 valence electrons. The largest absolute Gasteiger partial charge is 0.404 e. The highest BCUT2D eigenvalue weighted by atomic mass is 28.4. The summed E-state index contributed by atoms with van der Waals surface area (Å²) in [7, 11) is -2.98. The summed E-state index contributed by atoms with van der Waals surface area (Å²) in [5.41, 5.74) is 5.16. The summed E-state index contributed by atoms with van der Waals surface area (Å²) >= 11 is 0. The lowest BCUT2D eigenvalue weighted by atomic mass is 9.95. The van der Waals surface area contributed by atoms with Gasteiger partial charge < -0.3 is 24.4 Å². The topological polar surface area (TPSA) is 118 Å². The van der Waals surface area contributed by atoms with Crippen LogP contribution in [-0.2, 0) is 18.6 Å². The van der Waals surface area contributed by atoms with Gasteiger partial charge in [-0.05, 0) is 35.2 Å². The second-order valence-electron chi connectivity index (χ2n) is 13.1. The van der Waals surface area contributed by atoms with E-state index in [1.165, 1.54) is 10.8 Å². The van der Waals surface area contributed by atoms with Crippen molar-refractivity contribution >= 4 is 18.7 Å². The fourth-order valence-electron chi connectivity index (χ4n) is 6.28. The zero-order valence-electron chi connectivity index (χ0n) is 27.7. The van der Waals surface area contributed by atoms with Gasteiger partial charge in [-0.3, -0.25) is 14.3 Å². The average molecular weight is 638 g/mol. The fraction of sp³-hybridized carbons (Fsp3) is 0.543. The van der Waals surface area contributed by atoms with E-state index in [1.54, 1.807) is 6.92 Å². The van der Waals surface area contributed by atoms with E-state index < -0.39 is 43.5 Å². The third-order valence-corrected chi connectivity index (χ3v) is 13.7. The van der Waals surface area contributed by atoms with Crippen molar-refractivity contribution in [1.82, 2.24) is 9.55 Å². The highest BCUT2D eigenvalue weighted by Crippen LogP contribution is 2.42. The number of H-pyrrole nitrogens is 1. The van der Waals surface area contributed by atoms with Crippen LogP contribution in [0, 0.1) is 6.92 Å². The summed E-state index contributed by atoms with van der Waals surface area (Å²) in [6, 6.07) is 20.1. The Labute approximate surface area is 268 Å². The van der Waals surface area contributed by atoms with E-state index in [0.717, 1.165) is 36.1 Å². The lowest BCUT2D eigenvalue weighted by Gasteiger charge is -2.45. The summed E-state index contributed by atoms with van der Waals surface area (Å²) in [5, 5.41) is 2.01. The van der Waals surface area contributed by atoms with Crippen LogP contribution in [0.25, 0.3) is 0 Å². The molecule has 4 atom stereocenters. The van der Waals surface area contributed by atoms with Gasteiger partial charge in [-0.15, -0.1) is 0 Å². The van der Waals surface area contributed by atoms with Crippen LogP contribution in [0.3, 0.4) is 0 Å². The van der Waals surface area contributed by atoms with Crippen LogP contribution < -0.4 is 27.4 Å². The van der Waals surface area contributed by atoms with Gasteiger partial charge >= 0.3 is 5.69 Å². The van der Waals surface area contributed by atoms with Gasteiger partial charge in [0.2, 0.25) is 0 Å². The summed E-state index contributed by atoms with van der Waals surface area (Å²) < 4.78 is 28.5. The van der Waals surface area contributed by atoms with Crippen molar-refractivity contribution in [3.63, 3.8) is 0 Å². The molecule has 10 heteroatoms. The third kappa shape index (κ3) is 7.42. The first-order valence-corrected chi connectivity index (χ1v) is 18.1. The Morgan fingerprint density at radius 2 is 1.51 bits per heavy atom. The first kappa shape index (κ1) is 35.0. The maximum Gasteiger partial charge on any atom is 0.330 e. The number of hydrogen-bond acceptors (Lipinski definition) is 7. The Kier molecular flexibility index (Phi) is 11.8. The van der Waals surface area contributed by atoms with E-state index in [1.807, 2.05) is 12.1 Å². The molecule has 2 aromatic carbocycles. The maximum atomic E-state index is 13.1. The molecule has 4 rings (SSSR count). The Balaban J connectivity index is 1.85. The third-order valence-electron chi connectivity index (χ3n) is 8.71. The molecule has 1 aliphatic rings. The molecule has 3 unspecified atom stereocenters. The predicted molar refractivity (Wildman–Crippen MR) is 181 cm³/mol. The number of ether oxygens (including phenoxy) is 3. The zero-order chi connectivity index (χ0) is 32.7. The van der Waals surface area contributed by atoms with Gasteiger partial charge in [0.25, 0.3) is 13.9 Å². The molecular formula is C35H51N3O6Si. The lowest BCUT2D eigenvalue weighted by molar-refractivity contribution is -0.168. The normalized spacial score (nSPS) is 22.2. The Hall–Kier alpha value is -2.86. The molecule has 9 nitrogen and oxygen atoms in total. The molecular weight excluding hydrogens is 586 g/mol. The van der Waals surface area contributed by atoms with Crippen LogP contribution in [0.15, 0.2) is 76.4 Å². The van der Waals surface area contributed by atoms with Crippen molar-refractivity contribution in [2.24, 2.45) is 5.73 Å². The minimum Gasteiger partial charge on any atom is -0.404 e. The van der Waals surface area contributed by atoms with Crippen molar-refractivity contribution in [1.29, 1.82) is 0 Å². The van der Waals surface area contributed by atoms with Crippen molar-refractivity contribution in [3.8, 4) is 0 Å². The molecule has 0 saturated carbocycles. The van der Waals surface area contributed by atoms with Crippen LogP contribution in [0.2, 0.25) is 5.04 Å². The number of aryl methyl sites for hydroxylation is 1. The highest BCUT2D eigenvalue weighted by Gasteiger charge is 2.59. The average Bonchev–Trinajstić information content (AvgIpc) is 3.29. The van der Waals surface area contributed by atoms with Crippen molar-refractivity contribution < 1.29 is 18.6 Å². The van der Waals surface area contributed by atoms with Crippen LogP contribution in [0.4, 0.5) is 0 Å². The molecule has 3 N–H and O–H groups in total. The number of benzene rings is 2. The number of aromatic amines is 1. The van der Waals surface area contributed by atoms with Gasteiger partial charge in [0, 0.05) is 25.0 Å². The molecule has 45 heavy (non-hydrogen) atoms. The lowest BCUT2D eigenvalue weighted by Crippen LogP contribution is -2.68. The highest BCUT2D eigenvalue weighted by molar-refractivity contribution is 6.99. The van der Waals surface area contributed by atoms with Gasteiger partial charge in [-0.2, -0.15) is 0 Å². The van der Waals surface area contributed by atoms with Gasteiger partial charge in [-0.25, -0.2) is 4.79 Å². The quantitative estimate of drug-likeness (QED) is 0.191. The van der Waals surface area contributed by atoms with Crippen molar-refractivity contribution in [3.05, 3.63) is 93.3 Å². The van der Waals surface area contributed by atoms with Gasteiger partial charge in [-0.1, -0.05) is 108 Å². The van der Waals surface area contributed by atoms with E-state index in [0.29, 0.717) is 18.8 Å². The molecule has 2 heterocycles. The molecule has 1 fully saturated rings. The van der Waals surface area contributed by atoms with E-state index >= 15 is 0 Å². The molecule has 0 amide bonds. The molecule has 0 spiro atoms. The Bertz CT molecular complexity index is 1430. The fourth-order valence-corrected chi connectivity index (χ4v) is 10.9. The van der Waals surface area contributed by atoms with Gasteiger partial charge in [0.05, 0.1) is 19.3 Å². The second-order valence-corrected chi connectivity index (χ2v) is 17.4.